The average Bonchev–Trinajstić information content (AvgIpc) is 3.38. The zero-order valence-corrected chi connectivity index (χ0v) is 26.5. The fourth-order valence-electron chi connectivity index (χ4n) is 7.00. The summed E-state index contributed by atoms with van der Waals surface area (Å²) in [4.78, 5) is 29.5. The van der Waals surface area contributed by atoms with Crippen LogP contribution in [-0.4, -0.2) is 11.6 Å². The molecule has 3 nitrogen and oxygen atoms in total. The van der Waals surface area contributed by atoms with E-state index in [1.165, 1.54) is 10.8 Å². The van der Waals surface area contributed by atoms with Crippen LogP contribution in [-0.2, 0) is 0 Å². The van der Waals surface area contributed by atoms with Gasteiger partial charge in [0.05, 0.1) is 5.57 Å². The minimum absolute atomic E-state index is 0.205. The molecule has 0 spiro atoms. The molecule has 0 atom stereocenters. The van der Waals surface area contributed by atoms with Crippen LogP contribution in [0, 0.1) is 0 Å². The Bertz CT molecular complexity index is 2640. The zero-order valence-electron chi connectivity index (χ0n) is 26.5. The van der Waals surface area contributed by atoms with Crippen LogP contribution in [0.5, 0.6) is 0 Å². The summed E-state index contributed by atoms with van der Waals surface area (Å²) < 4.78 is 0. The second-order valence-electron chi connectivity index (χ2n) is 12.5. The molecule has 0 saturated carbocycles. The Balaban J connectivity index is 1.06. The van der Waals surface area contributed by atoms with Gasteiger partial charge in [0.15, 0.2) is 11.6 Å². The number of carbonyl (C=O) groups excluding carboxylic acids is 2. The van der Waals surface area contributed by atoms with Crippen molar-refractivity contribution < 1.29 is 9.59 Å². The van der Waals surface area contributed by atoms with E-state index in [-0.39, 0.29) is 17.1 Å². The van der Waals surface area contributed by atoms with E-state index in [1.807, 2.05) is 54.6 Å². The van der Waals surface area contributed by atoms with Crippen molar-refractivity contribution in [3.8, 4) is 11.1 Å². The standard InChI is InChI=1S/C46H29NO2/c48-45-42-28-37-18-17-35(31-9-3-1-4-10-31)25-38(37)29-43(42)46(49)44(45)24-30-15-16-36-27-41(22-20-34(36)23-30)47(39-13-5-2-6-14-39)40-21-19-32-11-7-8-12-33(32)26-40/h1-29H/b44-24-. The number of carbonyl (C=O) groups is 2. The Hall–Kier alpha value is -6.58. The first kappa shape index (κ1) is 28.6. The first-order valence-corrected chi connectivity index (χ1v) is 16.4. The van der Waals surface area contributed by atoms with Crippen LogP contribution in [0.3, 0.4) is 0 Å². The van der Waals surface area contributed by atoms with Crippen LogP contribution in [0.25, 0.3) is 49.5 Å². The van der Waals surface area contributed by atoms with Gasteiger partial charge in [0, 0.05) is 28.2 Å². The lowest BCUT2D eigenvalue weighted by atomic mass is 9.98. The fourth-order valence-corrected chi connectivity index (χ4v) is 7.00. The summed E-state index contributed by atoms with van der Waals surface area (Å²) in [5.41, 5.74) is 7.32. The minimum atomic E-state index is -0.226. The van der Waals surface area contributed by atoms with Crippen LogP contribution in [0.15, 0.2) is 175 Å². The smallest absolute Gasteiger partial charge is 0.197 e. The van der Waals surface area contributed by atoms with Gasteiger partial charge in [-0.05, 0) is 116 Å². The van der Waals surface area contributed by atoms with Crippen molar-refractivity contribution in [3.63, 3.8) is 0 Å². The van der Waals surface area contributed by atoms with Crippen LogP contribution < -0.4 is 4.90 Å². The molecule has 1 aliphatic carbocycles. The third kappa shape index (κ3) is 5.09. The molecule has 3 heteroatoms. The highest BCUT2D eigenvalue weighted by Gasteiger charge is 2.33. The number of hydrogen-bond donors (Lipinski definition) is 0. The molecule has 0 unspecified atom stereocenters. The number of allylic oxidation sites excluding steroid dienone is 1. The second-order valence-corrected chi connectivity index (χ2v) is 12.5. The van der Waals surface area contributed by atoms with E-state index < -0.39 is 0 Å². The number of fused-ring (bicyclic) bond motifs is 4. The normalized spacial score (nSPS) is 13.4. The Morgan fingerprint density at radius 1 is 0.367 bits per heavy atom. The predicted octanol–water partition coefficient (Wildman–Crippen LogP) is 11.7. The van der Waals surface area contributed by atoms with E-state index in [2.05, 4.69) is 120 Å². The summed E-state index contributed by atoms with van der Waals surface area (Å²) in [5.74, 6) is -0.449. The van der Waals surface area contributed by atoms with Gasteiger partial charge in [-0.15, -0.1) is 0 Å². The molecule has 0 aliphatic heterocycles. The molecule has 1 aliphatic rings. The molecule has 0 amide bonds. The van der Waals surface area contributed by atoms with Crippen LogP contribution in [0.4, 0.5) is 17.1 Å². The lowest BCUT2D eigenvalue weighted by molar-refractivity contribution is 0.0990. The first-order chi connectivity index (χ1) is 24.1. The predicted molar refractivity (Wildman–Crippen MR) is 202 cm³/mol. The molecule has 230 valence electrons. The van der Waals surface area contributed by atoms with Gasteiger partial charge in [-0.3, -0.25) is 9.59 Å². The van der Waals surface area contributed by atoms with E-state index in [4.69, 9.17) is 0 Å². The SMILES string of the molecule is O=C1/C(=C/c2ccc3cc(N(c4ccccc4)c4ccc5ccccc5c4)ccc3c2)C(=O)c2cc3cc(-c4ccccc4)ccc3cc21. The molecule has 0 aromatic heterocycles. The maximum Gasteiger partial charge on any atom is 0.197 e. The fraction of sp³-hybridized carbons (Fsp3) is 0. The van der Waals surface area contributed by atoms with Crippen molar-refractivity contribution in [3.05, 3.63) is 192 Å². The molecule has 0 saturated heterocycles. The third-order valence-corrected chi connectivity index (χ3v) is 9.48. The number of anilines is 3. The maximum absolute atomic E-state index is 13.6. The quantitative estimate of drug-likeness (QED) is 0.141. The molecule has 0 radical (unpaired) electrons. The molecule has 0 fully saturated rings. The van der Waals surface area contributed by atoms with Crippen molar-refractivity contribution in [1.29, 1.82) is 0 Å². The van der Waals surface area contributed by atoms with E-state index in [0.29, 0.717) is 11.1 Å². The Kier molecular flexibility index (Phi) is 6.77. The number of hydrogen-bond acceptors (Lipinski definition) is 3. The summed E-state index contributed by atoms with van der Waals surface area (Å²) in [6.07, 6.45) is 1.74. The summed E-state index contributed by atoms with van der Waals surface area (Å²) in [6, 6.07) is 57.9. The van der Waals surface area contributed by atoms with Crippen molar-refractivity contribution in [1.82, 2.24) is 0 Å². The number of benzene rings is 8. The van der Waals surface area contributed by atoms with Crippen molar-refractivity contribution >= 4 is 67.0 Å². The minimum Gasteiger partial charge on any atom is -0.310 e. The van der Waals surface area contributed by atoms with E-state index in [9.17, 15) is 9.59 Å². The summed E-state index contributed by atoms with van der Waals surface area (Å²) in [5, 5.41) is 6.36. The molecule has 0 N–H and O–H groups in total. The van der Waals surface area contributed by atoms with Gasteiger partial charge >= 0.3 is 0 Å². The number of ketones is 2. The molecule has 49 heavy (non-hydrogen) atoms. The van der Waals surface area contributed by atoms with Gasteiger partial charge in [-0.25, -0.2) is 0 Å². The molecule has 0 heterocycles. The van der Waals surface area contributed by atoms with E-state index in [1.54, 1.807) is 6.08 Å². The average molecular weight is 628 g/mol. The van der Waals surface area contributed by atoms with Crippen LogP contribution in [0.1, 0.15) is 26.3 Å². The molecule has 9 rings (SSSR count). The lowest BCUT2D eigenvalue weighted by Gasteiger charge is -2.26. The Morgan fingerprint density at radius 2 is 0.898 bits per heavy atom. The van der Waals surface area contributed by atoms with Crippen LogP contribution >= 0.6 is 0 Å². The largest absolute Gasteiger partial charge is 0.310 e. The van der Waals surface area contributed by atoms with Crippen molar-refractivity contribution in [2.75, 3.05) is 4.90 Å². The van der Waals surface area contributed by atoms with Gasteiger partial charge in [-0.2, -0.15) is 0 Å². The monoisotopic (exact) mass is 627 g/mol. The second kappa shape index (κ2) is 11.6. The van der Waals surface area contributed by atoms with Gasteiger partial charge in [0.25, 0.3) is 0 Å². The third-order valence-electron chi connectivity index (χ3n) is 9.48. The van der Waals surface area contributed by atoms with Gasteiger partial charge in [0.2, 0.25) is 0 Å². The number of nitrogens with zero attached hydrogens (tertiary/aromatic N) is 1. The number of rotatable bonds is 5. The van der Waals surface area contributed by atoms with Crippen molar-refractivity contribution in [2.24, 2.45) is 0 Å². The highest BCUT2D eigenvalue weighted by Crippen LogP contribution is 2.38. The highest BCUT2D eigenvalue weighted by atomic mass is 16.2. The summed E-state index contributed by atoms with van der Waals surface area (Å²) in [7, 11) is 0. The maximum atomic E-state index is 13.6. The zero-order chi connectivity index (χ0) is 32.9. The highest BCUT2D eigenvalue weighted by molar-refractivity contribution is 6.42. The lowest BCUT2D eigenvalue weighted by Crippen LogP contribution is -2.09. The first-order valence-electron chi connectivity index (χ1n) is 16.4. The molecule has 8 aromatic rings. The van der Waals surface area contributed by atoms with Gasteiger partial charge in [0.1, 0.15) is 0 Å². The topological polar surface area (TPSA) is 37.4 Å². The Labute approximate surface area is 284 Å². The Morgan fingerprint density at radius 3 is 1.63 bits per heavy atom. The molecule has 8 aromatic carbocycles. The van der Waals surface area contributed by atoms with Gasteiger partial charge < -0.3 is 4.90 Å². The van der Waals surface area contributed by atoms with E-state index >= 15 is 0 Å². The van der Waals surface area contributed by atoms with E-state index in [0.717, 1.165) is 55.3 Å². The molecular weight excluding hydrogens is 599 g/mol. The molecular formula is C46H29NO2. The summed E-state index contributed by atoms with van der Waals surface area (Å²) in [6.45, 7) is 0. The number of para-hydroxylation sites is 1. The van der Waals surface area contributed by atoms with Crippen molar-refractivity contribution in [2.45, 2.75) is 0 Å². The number of Topliss-reactive ketones (excluding diaryl/α,β-unsaturated/α-hetero) is 2. The molecule has 0 bridgehead atoms. The van der Waals surface area contributed by atoms with Gasteiger partial charge in [-0.1, -0.05) is 109 Å². The van der Waals surface area contributed by atoms with Crippen LogP contribution in [0.2, 0.25) is 0 Å². The summed E-state index contributed by atoms with van der Waals surface area (Å²) >= 11 is 0.